The lowest BCUT2D eigenvalue weighted by Crippen LogP contribution is -2.15. The molecule has 5 rings (SSSR count). The topological polar surface area (TPSA) is 54.0 Å². The highest BCUT2D eigenvalue weighted by atomic mass is 32.1. The van der Waals surface area contributed by atoms with Gasteiger partial charge in [-0.1, -0.05) is 12.1 Å². The number of rotatable bonds is 3. The molecule has 29 heavy (non-hydrogen) atoms. The molecule has 0 spiro atoms. The molecule has 4 aromatic rings. The highest BCUT2D eigenvalue weighted by Gasteiger charge is 2.15. The van der Waals surface area contributed by atoms with E-state index in [2.05, 4.69) is 0 Å². The molecule has 1 aliphatic heterocycles. The van der Waals surface area contributed by atoms with Crippen LogP contribution in [0.2, 0.25) is 0 Å². The monoisotopic (exact) mass is 406 g/mol. The van der Waals surface area contributed by atoms with E-state index in [-0.39, 0.29) is 5.43 Å². The fourth-order valence-electron chi connectivity index (χ4n) is 3.58. The number of fused-ring (bicyclic) bond motifs is 3. The van der Waals surface area contributed by atoms with E-state index in [4.69, 9.17) is 18.9 Å². The number of hydrogen-bond donors (Lipinski definition) is 0. The SMILES string of the molecule is COc1cc2sc3cc(-c4ccc5c(c4)OCCO5)ccc3c(=O)c2cc1OC. The Morgan fingerprint density at radius 3 is 2.21 bits per heavy atom. The molecule has 3 aromatic carbocycles. The zero-order chi connectivity index (χ0) is 20.0. The molecule has 2 heterocycles. The van der Waals surface area contributed by atoms with E-state index >= 15 is 0 Å². The normalized spacial score (nSPS) is 12.9. The maximum absolute atomic E-state index is 13.1. The van der Waals surface area contributed by atoms with Crippen molar-refractivity contribution in [2.45, 2.75) is 0 Å². The maximum Gasteiger partial charge on any atom is 0.196 e. The summed E-state index contributed by atoms with van der Waals surface area (Å²) < 4.78 is 23.8. The Hall–Kier alpha value is -3.25. The van der Waals surface area contributed by atoms with Crippen LogP contribution in [-0.4, -0.2) is 27.4 Å². The number of methoxy groups -OCH3 is 2. The second kappa shape index (κ2) is 6.97. The van der Waals surface area contributed by atoms with Crippen LogP contribution in [0, 0.1) is 0 Å². The highest BCUT2D eigenvalue weighted by Crippen LogP contribution is 2.38. The molecule has 0 saturated heterocycles. The first kappa shape index (κ1) is 17.8. The van der Waals surface area contributed by atoms with Crippen LogP contribution in [0.1, 0.15) is 0 Å². The predicted octanol–water partition coefficient (Wildman–Crippen LogP) is 4.87. The molecule has 1 aromatic heterocycles. The van der Waals surface area contributed by atoms with Crippen molar-refractivity contribution in [2.24, 2.45) is 0 Å². The Morgan fingerprint density at radius 1 is 0.759 bits per heavy atom. The summed E-state index contributed by atoms with van der Waals surface area (Å²) in [5.41, 5.74) is 2.02. The van der Waals surface area contributed by atoms with Crippen LogP contribution >= 0.6 is 11.3 Å². The summed E-state index contributed by atoms with van der Waals surface area (Å²) in [6.45, 7) is 1.12. The van der Waals surface area contributed by atoms with Gasteiger partial charge in [0, 0.05) is 26.2 Å². The van der Waals surface area contributed by atoms with E-state index in [1.807, 2.05) is 42.5 Å². The molecule has 6 heteroatoms. The minimum Gasteiger partial charge on any atom is -0.493 e. The third kappa shape index (κ3) is 2.96. The van der Waals surface area contributed by atoms with Crippen molar-refractivity contribution in [1.29, 1.82) is 0 Å². The molecule has 0 fully saturated rings. The second-order valence-corrected chi connectivity index (χ2v) is 7.79. The summed E-state index contributed by atoms with van der Waals surface area (Å²) in [5.74, 6) is 2.67. The van der Waals surface area contributed by atoms with Crippen molar-refractivity contribution < 1.29 is 18.9 Å². The van der Waals surface area contributed by atoms with Crippen LogP contribution in [0.15, 0.2) is 53.3 Å². The number of hydrogen-bond acceptors (Lipinski definition) is 6. The molecule has 0 amide bonds. The third-order valence-electron chi connectivity index (χ3n) is 5.05. The molecule has 0 aliphatic carbocycles. The molecule has 0 N–H and O–H groups in total. The molecular weight excluding hydrogens is 388 g/mol. The predicted molar refractivity (Wildman–Crippen MR) is 115 cm³/mol. The van der Waals surface area contributed by atoms with Gasteiger partial charge in [-0.3, -0.25) is 4.79 Å². The summed E-state index contributed by atoms with van der Waals surface area (Å²) >= 11 is 1.56. The third-order valence-corrected chi connectivity index (χ3v) is 6.17. The van der Waals surface area contributed by atoms with Crippen molar-refractivity contribution in [1.82, 2.24) is 0 Å². The smallest absolute Gasteiger partial charge is 0.196 e. The van der Waals surface area contributed by atoms with Crippen LogP contribution in [-0.2, 0) is 0 Å². The minimum atomic E-state index is -0.0107. The summed E-state index contributed by atoms with van der Waals surface area (Å²) in [4.78, 5) is 13.1. The number of ether oxygens (including phenoxy) is 4. The molecular formula is C23H18O5S. The Labute approximate surface area is 171 Å². The van der Waals surface area contributed by atoms with Crippen LogP contribution in [0.5, 0.6) is 23.0 Å². The first-order valence-corrected chi connectivity index (χ1v) is 10.0. The van der Waals surface area contributed by atoms with Crippen LogP contribution < -0.4 is 24.4 Å². The van der Waals surface area contributed by atoms with E-state index in [0.29, 0.717) is 35.5 Å². The lowest BCUT2D eigenvalue weighted by atomic mass is 10.0. The molecule has 5 nitrogen and oxygen atoms in total. The molecule has 146 valence electrons. The highest BCUT2D eigenvalue weighted by molar-refractivity contribution is 7.24. The van der Waals surface area contributed by atoms with Gasteiger partial charge in [0.1, 0.15) is 13.2 Å². The molecule has 0 unspecified atom stereocenters. The van der Waals surface area contributed by atoms with Crippen molar-refractivity contribution in [2.75, 3.05) is 27.4 Å². The van der Waals surface area contributed by atoms with E-state index in [1.165, 1.54) is 0 Å². The Morgan fingerprint density at radius 2 is 1.41 bits per heavy atom. The van der Waals surface area contributed by atoms with Gasteiger partial charge in [-0.25, -0.2) is 0 Å². The quantitative estimate of drug-likeness (QED) is 0.455. The lowest BCUT2D eigenvalue weighted by molar-refractivity contribution is 0.171. The van der Waals surface area contributed by atoms with Gasteiger partial charge in [0.05, 0.1) is 14.2 Å². The second-order valence-electron chi connectivity index (χ2n) is 6.70. The molecule has 1 aliphatic rings. The average molecular weight is 406 g/mol. The van der Waals surface area contributed by atoms with Gasteiger partial charge in [0.2, 0.25) is 0 Å². The summed E-state index contributed by atoms with van der Waals surface area (Å²) in [7, 11) is 3.16. The first-order valence-electron chi connectivity index (χ1n) is 9.20. The summed E-state index contributed by atoms with van der Waals surface area (Å²) in [5, 5.41) is 1.32. The molecule has 0 bridgehead atoms. The fraction of sp³-hybridized carbons (Fsp3) is 0.174. The van der Waals surface area contributed by atoms with Crippen LogP contribution in [0.25, 0.3) is 31.3 Å². The Balaban J connectivity index is 1.68. The van der Waals surface area contributed by atoms with Crippen molar-refractivity contribution in [3.8, 4) is 34.1 Å². The summed E-state index contributed by atoms with van der Waals surface area (Å²) in [6.07, 6.45) is 0. The van der Waals surface area contributed by atoms with Gasteiger partial charge >= 0.3 is 0 Å². The zero-order valence-corrected chi connectivity index (χ0v) is 16.8. The van der Waals surface area contributed by atoms with Crippen LogP contribution in [0.4, 0.5) is 0 Å². The lowest BCUT2D eigenvalue weighted by Gasteiger charge is -2.19. The van der Waals surface area contributed by atoms with E-state index in [0.717, 1.165) is 32.0 Å². The van der Waals surface area contributed by atoms with Gasteiger partial charge in [-0.05, 0) is 41.5 Å². The molecule has 0 radical (unpaired) electrons. The first-order chi connectivity index (χ1) is 14.2. The maximum atomic E-state index is 13.1. The van der Waals surface area contributed by atoms with E-state index in [9.17, 15) is 4.79 Å². The minimum absolute atomic E-state index is 0.0107. The molecule has 0 saturated carbocycles. The van der Waals surface area contributed by atoms with Gasteiger partial charge < -0.3 is 18.9 Å². The van der Waals surface area contributed by atoms with Crippen molar-refractivity contribution >= 4 is 31.5 Å². The van der Waals surface area contributed by atoms with E-state index < -0.39 is 0 Å². The Bertz CT molecular complexity index is 1310. The van der Waals surface area contributed by atoms with E-state index in [1.54, 1.807) is 31.6 Å². The zero-order valence-electron chi connectivity index (χ0n) is 16.0. The van der Waals surface area contributed by atoms with Gasteiger partial charge in [-0.2, -0.15) is 0 Å². The van der Waals surface area contributed by atoms with Gasteiger partial charge in [0.15, 0.2) is 28.4 Å². The van der Waals surface area contributed by atoms with Crippen molar-refractivity contribution in [3.05, 3.63) is 58.8 Å². The van der Waals surface area contributed by atoms with Crippen LogP contribution in [0.3, 0.4) is 0 Å². The van der Waals surface area contributed by atoms with Gasteiger partial charge in [0.25, 0.3) is 0 Å². The number of benzene rings is 3. The fourth-order valence-corrected chi connectivity index (χ4v) is 4.70. The Kier molecular flexibility index (Phi) is 4.28. The van der Waals surface area contributed by atoms with Gasteiger partial charge in [-0.15, -0.1) is 11.3 Å². The standard InChI is InChI=1S/C23H18O5S/c1-25-18-11-16-22(12-19(18)26-2)29-21-10-14(3-5-15(21)23(16)24)13-4-6-17-20(9-13)28-8-7-27-17/h3-6,9-12H,7-8H2,1-2H3. The van der Waals surface area contributed by atoms with Crippen molar-refractivity contribution in [3.63, 3.8) is 0 Å². The largest absolute Gasteiger partial charge is 0.493 e. The average Bonchev–Trinajstić information content (AvgIpc) is 2.77. The summed E-state index contributed by atoms with van der Waals surface area (Å²) in [6, 6.07) is 15.4. The molecule has 0 atom stereocenters.